The van der Waals surface area contributed by atoms with Crippen LogP contribution in [0.3, 0.4) is 0 Å². The molecule has 0 spiro atoms. The van der Waals surface area contributed by atoms with Crippen LogP contribution >= 0.6 is 0 Å². The van der Waals surface area contributed by atoms with E-state index in [2.05, 4.69) is 0 Å². The molecule has 0 unspecified atom stereocenters. The number of carboxylic acids is 1. The van der Waals surface area contributed by atoms with Crippen molar-refractivity contribution >= 4 is 11.8 Å². The van der Waals surface area contributed by atoms with Gasteiger partial charge in [-0.25, -0.2) is 0 Å². The Labute approximate surface area is 69.6 Å². The van der Waals surface area contributed by atoms with Crippen molar-refractivity contribution in [3.63, 3.8) is 0 Å². The number of aromatic carboxylic acids is 1. The van der Waals surface area contributed by atoms with Crippen LogP contribution in [0.4, 0.5) is 0 Å². The molecule has 3 nitrogen and oxygen atoms in total. The molecule has 3 heteroatoms. The van der Waals surface area contributed by atoms with Crippen LogP contribution in [0.2, 0.25) is 0 Å². The second-order valence-corrected chi connectivity index (χ2v) is 2.42. The van der Waals surface area contributed by atoms with E-state index in [1.165, 1.54) is 25.1 Å². The van der Waals surface area contributed by atoms with Gasteiger partial charge in [-0.15, -0.1) is 0 Å². The maximum absolute atomic E-state index is 10.8. The van der Waals surface area contributed by atoms with Crippen molar-refractivity contribution in [3.8, 4) is 0 Å². The minimum atomic E-state index is -1.27. The lowest BCUT2D eigenvalue weighted by Gasteiger charge is -2.02. The quantitative estimate of drug-likeness (QED) is 0.587. The molecule has 0 radical (unpaired) electrons. The normalized spacial score (nSPS) is 9.42. The molecule has 1 aromatic rings. The van der Waals surface area contributed by atoms with E-state index in [0.29, 0.717) is 5.56 Å². The summed E-state index contributed by atoms with van der Waals surface area (Å²) in [6, 6.07) is 5.77. The number of rotatable bonds is 2. The van der Waals surface area contributed by atoms with E-state index >= 15 is 0 Å². The van der Waals surface area contributed by atoms with Crippen molar-refractivity contribution in [1.82, 2.24) is 0 Å². The number of benzene rings is 1. The SMILES string of the molecule is CC(=O)c1cccc(C(=O)[O-])c1. The summed E-state index contributed by atoms with van der Waals surface area (Å²) in [7, 11) is 0. The van der Waals surface area contributed by atoms with Gasteiger partial charge in [0.15, 0.2) is 5.78 Å². The summed E-state index contributed by atoms with van der Waals surface area (Å²) in [5.41, 5.74) is 0.416. The fourth-order valence-corrected chi connectivity index (χ4v) is 0.865. The molecule has 0 heterocycles. The summed E-state index contributed by atoms with van der Waals surface area (Å²) in [5, 5.41) is 10.4. The van der Waals surface area contributed by atoms with Crippen LogP contribution in [0.5, 0.6) is 0 Å². The monoisotopic (exact) mass is 163 g/mol. The van der Waals surface area contributed by atoms with Gasteiger partial charge >= 0.3 is 0 Å². The third-order valence-corrected chi connectivity index (χ3v) is 1.50. The molecule has 0 aliphatic carbocycles. The van der Waals surface area contributed by atoms with Crippen LogP contribution in [0.25, 0.3) is 0 Å². The molecule has 1 aromatic carbocycles. The van der Waals surface area contributed by atoms with Gasteiger partial charge in [0.05, 0.1) is 5.97 Å². The summed E-state index contributed by atoms with van der Waals surface area (Å²) in [6.07, 6.45) is 0. The molecule has 0 N–H and O–H groups in total. The van der Waals surface area contributed by atoms with Gasteiger partial charge in [0, 0.05) is 5.56 Å². The first-order valence-electron chi connectivity index (χ1n) is 3.43. The van der Waals surface area contributed by atoms with E-state index in [0.717, 1.165) is 0 Å². The van der Waals surface area contributed by atoms with Crippen molar-refractivity contribution in [2.75, 3.05) is 0 Å². The van der Waals surface area contributed by atoms with E-state index in [4.69, 9.17) is 0 Å². The zero-order valence-electron chi connectivity index (χ0n) is 6.53. The van der Waals surface area contributed by atoms with Crippen LogP contribution in [-0.2, 0) is 0 Å². The lowest BCUT2D eigenvalue weighted by Crippen LogP contribution is -2.22. The Morgan fingerprint density at radius 1 is 1.25 bits per heavy atom. The van der Waals surface area contributed by atoms with Crippen LogP contribution in [-0.4, -0.2) is 11.8 Å². The molecule has 0 saturated heterocycles. The van der Waals surface area contributed by atoms with Crippen LogP contribution in [0.15, 0.2) is 24.3 Å². The van der Waals surface area contributed by atoms with E-state index in [1.54, 1.807) is 6.07 Å². The van der Waals surface area contributed by atoms with Gasteiger partial charge in [-0.3, -0.25) is 4.79 Å². The van der Waals surface area contributed by atoms with Crippen molar-refractivity contribution in [1.29, 1.82) is 0 Å². The van der Waals surface area contributed by atoms with Crippen molar-refractivity contribution in [2.24, 2.45) is 0 Å². The van der Waals surface area contributed by atoms with Crippen LogP contribution in [0, 0.1) is 0 Å². The average molecular weight is 163 g/mol. The number of ketones is 1. The summed E-state index contributed by atoms with van der Waals surface area (Å²) in [4.78, 5) is 21.2. The molecule has 62 valence electrons. The summed E-state index contributed by atoms with van der Waals surface area (Å²) in [5.74, 6) is -1.42. The molecule has 0 atom stereocenters. The second-order valence-electron chi connectivity index (χ2n) is 2.42. The topological polar surface area (TPSA) is 57.2 Å². The Hall–Kier alpha value is -1.64. The Morgan fingerprint density at radius 3 is 2.33 bits per heavy atom. The highest BCUT2D eigenvalue weighted by Gasteiger charge is 1.99. The van der Waals surface area contributed by atoms with Gasteiger partial charge in [0.2, 0.25) is 0 Å². The summed E-state index contributed by atoms with van der Waals surface area (Å²) in [6.45, 7) is 1.38. The second kappa shape index (κ2) is 3.17. The van der Waals surface area contributed by atoms with Crippen LogP contribution in [0.1, 0.15) is 27.6 Å². The Kier molecular flexibility index (Phi) is 2.24. The van der Waals surface area contributed by atoms with E-state index in [-0.39, 0.29) is 11.3 Å². The van der Waals surface area contributed by atoms with Gasteiger partial charge in [0.1, 0.15) is 0 Å². The standard InChI is InChI=1S/C9H8O3/c1-6(10)7-3-2-4-8(5-7)9(11)12/h2-5H,1H3,(H,11,12)/p-1. The third kappa shape index (κ3) is 1.69. The Morgan fingerprint density at radius 2 is 1.83 bits per heavy atom. The first-order chi connectivity index (χ1) is 5.61. The molecule has 0 aliphatic heterocycles. The number of carbonyl (C=O) groups excluding carboxylic acids is 2. The fourth-order valence-electron chi connectivity index (χ4n) is 0.865. The Bertz CT molecular complexity index is 299. The number of carbonyl (C=O) groups is 2. The maximum Gasteiger partial charge on any atom is 0.159 e. The van der Waals surface area contributed by atoms with Crippen molar-refractivity contribution in [3.05, 3.63) is 35.4 Å². The van der Waals surface area contributed by atoms with E-state index in [1.807, 2.05) is 0 Å². The lowest BCUT2D eigenvalue weighted by atomic mass is 10.1. The van der Waals surface area contributed by atoms with Gasteiger partial charge in [-0.05, 0) is 18.6 Å². The zero-order valence-corrected chi connectivity index (χ0v) is 6.53. The molecular formula is C9H7O3-. The number of Topliss-reactive ketones (excluding diaryl/α,β-unsaturated/α-hetero) is 1. The van der Waals surface area contributed by atoms with Gasteiger partial charge in [-0.1, -0.05) is 18.2 Å². The highest BCUT2D eigenvalue weighted by atomic mass is 16.4. The predicted molar refractivity (Wildman–Crippen MR) is 40.8 cm³/mol. The molecule has 0 amide bonds. The number of hydrogen-bond donors (Lipinski definition) is 0. The molecular weight excluding hydrogens is 156 g/mol. The first kappa shape index (κ1) is 8.46. The highest BCUT2D eigenvalue weighted by molar-refractivity contribution is 5.96. The third-order valence-electron chi connectivity index (χ3n) is 1.50. The molecule has 0 aliphatic rings. The largest absolute Gasteiger partial charge is 0.545 e. The molecule has 1 rings (SSSR count). The summed E-state index contributed by atoms with van der Waals surface area (Å²) >= 11 is 0. The Balaban J connectivity index is 3.12. The lowest BCUT2D eigenvalue weighted by molar-refractivity contribution is -0.255. The molecule has 12 heavy (non-hydrogen) atoms. The van der Waals surface area contributed by atoms with Gasteiger partial charge < -0.3 is 9.90 Å². The summed E-state index contributed by atoms with van der Waals surface area (Å²) < 4.78 is 0. The van der Waals surface area contributed by atoms with E-state index in [9.17, 15) is 14.7 Å². The fraction of sp³-hybridized carbons (Fsp3) is 0.111. The number of hydrogen-bond acceptors (Lipinski definition) is 3. The van der Waals surface area contributed by atoms with Gasteiger partial charge in [-0.2, -0.15) is 0 Å². The maximum atomic E-state index is 10.8. The minimum Gasteiger partial charge on any atom is -0.545 e. The first-order valence-corrected chi connectivity index (χ1v) is 3.43. The molecule has 0 bridgehead atoms. The predicted octanol–water partition coefficient (Wildman–Crippen LogP) is 0.253. The smallest absolute Gasteiger partial charge is 0.159 e. The number of carboxylic acid groups (broad SMARTS) is 1. The molecule has 0 aromatic heterocycles. The van der Waals surface area contributed by atoms with E-state index < -0.39 is 5.97 Å². The molecule has 0 fully saturated rings. The van der Waals surface area contributed by atoms with Crippen molar-refractivity contribution in [2.45, 2.75) is 6.92 Å². The van der Waals surface area contributed by atoms with Gasteiger partial charge in [0.25, 0.3) is 0 Å². The molecule has 0 saturated carbocycles. The average Bonchev–Trinajstić information content (AvgIpc) is 2.04. The van der Waals surface area contributed by atoms with Crippen LogP contribution < -0.4 is 5.11 Å². The van der Waals surface area contributed by atoms with Crippen molar-refractivity contribution < 1.29 is 14.7 Å². The minimum absolute atomic E-state index is 0.0303. The zero-order chi connectivity index (χ0) is 9.14. The highest BCUT2D eigenvalue weighted by Crippen LogP contribution is 2.04.